The minimum absolute atomic E-state index is 0.000740. The van der Waals surface area contributed by atoms with Gasteiger partial charge in [-0.2, -0.15) is 5.26 Å². The smallest absolute Gasteiger partial charge is 0.330 e. The Morgan fingerprint density at radius 3 is 1.95 bits per heavy atom. The van der Waals surface area contributed by atoms with Crippen LogP contribution < -0.4 is 20.7 Å². The molecule has 1 aliphatic heterocycles. The average molecular weight is 800 g/mol. The van der Waals surface area contributed by atoms with Crippen molar-refractivity contribution in [3.05, 3.63) is 129 Å². The molecule has 304 valence electrons. The molecule has 4 aromatic rings. The van der Waals surface area contributed by atoms with Gasteiger partial charge in [0.25, 0.3) is 5.56 Å². The van der Waals surface area contributed by atoms with Crippen molar-refractivity contribution in [1.29, 1.82) is 5.26 Å². The summed E-state index contributed by atoms with van der Waals surface area (Å²) in [5, 5.41) is 9.59. The number of morpholine rings is 1. The van der Waals surface area contributed by atoms with Crippen molar-refractivity contribution in [2.75, 3.05) is 46.7 Å². The molecule has 13 nitrogen and oxygen atoms in total. The summed E-state index contributed by atoms with van der Waals surface area (Å²) in [5.41, 5.74) is -1.15. The number of nitrogens with one attached hydrogen (secondary N) is 1. The molecule has 14 heteroatoms. The van der Waals surface area contributed by atoms with Gasteiger partial charge in [0.05, 0.1) is 33.6 Å². The number of ketones is 1. The van der Waals surface area contributed by atoms with Gasteiger partial charge in [0.1, 0.15) is 37.1 Å². The Labute approximate surface area is 336 Å². The van der Waals surface area contributed by atoms with Crippen LogP contribution in [0.1, 0.15) is 64.5 Å². The van der Waals surface area contributed by atoms with Crippen LogP contribution in [-0.4, -0.2) is 95.3 Å². The summed E-state index contributed by atoms with van der Waals surface area (Å²) < 4.78 is 36.0. The van der Waals surface area contributed by atoms with Crippen molar-refractivity contribution < 1.29 is 28.3 Å². The molecule has 2 heterocycles. The first kappa shape index (κ1) is 43.5. The Balaban J connectivity index is 1.71. The highest BCUT2D eigenvalue weighted by molar-refractivity contribution is 7.51. The van der Waals surface area contributed by atoms with Crippen molar-refractivity contribution in [1.82, 2.24) is 19.1 Å². The number of aromatic amines is 1. The lowest BCUT2D eigenvalue weighted by molar-refractivity contribution is -0.231. The van der Waals surface area contributed by atoms with Crippen LogP contribution in [0, 0.1) is 11.3 Å². The number of ether oxygens (including phenoxy) is 4. The lowest BCUT2D eigenvalue weighted by Gasteiger charge is -2.49. The SMILES string of the molecule is COc1ccc(C(OC[C@@]2(COP(CC(=O)C#N)N(C(C)C)C(C)C)CN(C(C)C)C[C@H](n3ccc(=O)[nH]c3=O)O2)(c2ccccc2)c2ccc(OC)cc2)cc1. The zero-order chi connectivity index (χ0) is 41.3. The van der Waals surface area contributed by atoms with E-state index >= 15 is 0 Å². The van der Waals surface area contributed by atoms with Crippen molar-refractivity contribution in [2.45, 2.75) is 77.1 Å². The van der Waals surface area contributed by atoms with Crippen LogP contribution in [0.2, 0.25) is 0 Å². The maximum atomic E-state index is 13.3. The molecule has 1 aliphatic rings. The van der Waals surface area contributed by atoms with Crippen molar-refractivity contribution in [3.8, 4) is 17.6 Å². The van der Waals surface area contributed by atoms with E-state index in [9.17, 15) is 19.6 Å². The van der Waals surface area contributed by atoms with Crippen LogP contribution in [0.15, 0.2) is 101 Å². The van der Waals surface area contributed by atoms with Gasteiger partial charge in [-0.25, -0.2) is 4.79 Å². The molecule has 0 saturated carbocycles. The van der Waals surface area contributed by atoms with Crippen molar-refractivity contribution in [3.63, 3.8) is 0 Å². The average Bonchev–Trinajstić information content (AvgIpc) is 3.20. The molecule has 5 rings (SSSR count). The first-order valence-corrected chi connectivity index (χ1v) is 20.5. The number of methoxy groups -OCH3 is 2. The first-order chi connectivity index (χ1) is 27.2. The number of Topliss-reactive ketones (excluding diaryl/α,β-unsaturated/α-hetero) is 1. The van der Waals surface area contributed by atoms with E-state index in [1.165, 1.54) is 16.8 Å². The molecule has 0 spiro atoms. The second-order valence-corrected chi connectivity index (χ2v) is 16.7. The molecule has 0 amide bonds. The molecule has 3 atom stereocenters. The third kappa shape index (κ3) is 10.1. The number of hydrogen-bond donors (Lipinski definition) is 1. The Morgan fingerprint density at radius 1 is 0.895 bits per heavy atom. The van der Waals surface area contributed by atoms with E-state index in [1.807, 2.05) is 107 Å². The van der Waals surface area contributed by atoms with Gasteiger partial charge in [-0.3, -0.25) is 28.7 Å². The van der Waals surface area contributed by atoms with E-state index in [1.54, 1.807) is 20.3 Å². The lowest BCUT2D eigenvalue weighted by Crippen LogP contribution is -2.61. The zero-order valence-corrected chi connectivity index (χ0v) is 34.9. The third-order valence-corrected chi connectivity index (χ3v) is 12.5. The standard InChI is InChI=1S/C43H54N5O8P/c1-30(2)46-25-40(47-23-22-39(50)45-41(47)51)56-42(27-46,29-55-57(26-36(49)24-44)48(31(3)4)32(5)6)28-54-43(33-12-10-9-11-13-33,34-14-18-37(52-7)19-15-34)35-16-20-38(53-8)21-17-35/h9-23,30-32,40H,25-29H2,1-8H3,(H,45,50,51)/t40-,42-,57?/m1/s1. The fourth-order valence-corrected chi connectivity index (χ4v) is 9.48. The number of carbonyl (C=O) groups excluding carboxylic acids is 1. The number of H-pyrrole nitrogens is 1. The van der Waals surface area contributed by atoms with Crippen molar-refractivity contribution >= 4 is 14.1 Å². The number of nitriles is 1. The summed E-state index contributed by atoms with van der Waals surface area (Å²) in [6.07, 6.45) is 0.480. The predicted octanol–water partition coefficient (Wildman–Crippen LogP) is 6.08. The molecule has 1 unspecified atom stereocenters. The Bertz CT molecular complexity index is 2030. The molecule has 1 N–H and O–H groups in total. The van der Waals surface area contributed by atoms with Gasteiger partial charge in [0.2, 0.25) is 5.78 Å². The van der Waals surface area contributed by atoms with Crippen molar-refractivity contribution in [2.24, 2.45) is 0 Å². The number of aromatic nitrogens is 2. The molecule has 0 bridgehead atoms. The quantitative estimate of drug-likeness (QED) is 0.0710. The largest absolute Gasteiger partial charge is 0.497 e. The lowest BCUT2D eigenvalue weighted by atomic mass is 9.79. The van der Waals surface area contributed by atoms with Gasteiger partial charge >= 0.3 is 5.69 Å². The monoisotopic (exact) mass is 799 g/mol. The maximum Gasteiger partial charge on any atom is 0.330 e. The minimum atomic E-state index is -1.63. The molecule has 1 saturated heterocycles. The second-order valence-electron chi connectivity index (χ2n) is 15.0. The third-order valence-electron chi connectivity index (χ3n) is 10.1. The molecule has 0 aliphatic carbocycles. The van der Waals surface area contributed by atoms with Crippen LogP contribution in [0.5, 0.6) is 11.5 Å². The van der Waals surface area contributed by atoms with E-state index in [-0.39, 0.29) is 37.5 Å². The summed E-state index contributed by atoms with van der Waals surface area (Å²) >= 11 is 0. The highest BCUT2D eigenvalue weighted by atomic mass is 31.2. The van der Waals surface area contributed by atoms with Crippen LogP contribution >= 0.6 is 8.30 Å². The first-order valence-electron chi connectivity index (χ1n) is 19.1. The number of rotatable bonds is 18. The molecular formula is C43H54N5O8P. The van der Waals surface area contributed by atoms with E-state index in [0.717, 1.165) is 16.7 Å². The second kappa shape index (κ2) is 19.2. The van der Waals surface area contributed by atoms with Gasteiger partial charge in [-0.15, -0.1) is 0 Å². The zero-order valence-electron chi connectivity index (χ0n) is 34.0. The highest BCUT2D eigenvalue weighted by Gasteiger charge is 2.48. The molecule has 1 aromatic heterocycles. The number of hydrogen-bond acceptors (Lipinski definition) is 11. The molecule has 0 radical (unpaired) electrons. The molecule has 3 aromatic carbocycles. The van der Waals surface area contributed by atoms with Crippen LogP contribution in [0.25, 0.3) is 0 Å². The van der Waals surface area contributed by atoms with Gasteiger partial charge in [0.15, 0.2) is 6.23 Å². The fraction of sp³-hybridized carbons (Fsp3) is 0.442. The van der Waals surface area contributed by atoms with E-state index in [0.29, 0.717) is 24.6 Å². The Kier molecular flexibility index (Phi) is 14.6. The maximum absolute atomic E-state index is 13.3. The van der Waals surface area contributed by atoms with Gasteiger partial charge in [-0.1, -0.05) is 54.6 Å². The number of carbonyl (C=O) groups is 1. The number of benzene rings is 3. The highest BCUT2D eigenvalue weighted by Crippen LogP contribution is 2.48. The topological polar surface area (TPSA) is 148 Å². The Morgan fingerprint density at radius 2 is 1.46 bits per heavy atom. The summed E-state index contributed by atoms with van der Waals surface area (Å²) in [7, 11) is 1.60. The van der Waals surface area contributed by atoms with Gasteiger partial charge < -0.3 is 23.5 Å². The van der Waals surface area contributed by atoms with Crippen LogP contribution in [0.4, 0.5) is 0 Å². The number of nitrogens with zero attached hydrogens (tertiary/aromatic N) is 4. The van der Waals surface area contributed by atoms with Gasteiger partial charge in [-0.05, 0) is 82.5 Å². The summed E-state index contributed by atoms with van der Waals surface area (Å²) in [4.78, 5) is 42.8. The normalized spacial score (nSPS) is 18.2. The molecule has 1 fully saturated rings. The summed E-state index contributed by atoms with van der Waals surface area (Å²) in [5.74, 6) is 0.779. The van der Waals surface area contributed by atoms with E-state index in [4.69, 9.17) is 23.5 Å². The van der Waals surface area contributed by atoms with E-state index in [2.05, 4.69) is 28.4 Å². The van der Waals surface area contributed by atoms with E-state index < -0.39 is 42.8 Å². The predicted molar refractivity (Wildman–Crippen MR) is 220 cm³/mol. The van der Waals surface area contributed by atoms with Gasteiger partial charge in [0, 0.05) is 43.5 Å². The van der Waals surface area contributed by atoms with Crippen LogP contribution in [-0.2, 0) is 24.4 Å². The molecule has 57 heavy (non-hydrogen) atoms. The Hall–Kier alpha value is -4.67. The summed E-state index contributed by atoms with van der Waals surface area (Å²) in [6.45, 7) is 12.8. The fourth-order valence-electron chi connectivity index (χ4n) is 7.36. The minimum Gasteiger partial charge on any atom is -0.497 e. The van der Waals surface area contributed by atoms with Crippen LogP contribution in [0.3, 0.4) is 0 Å². The molecular weight excluding hydrogens is 745 g/mol. The summed E-state index contributed by atoms with van der Waals surface area (Å²) in [6, 6.07) is 28.4.